The molecule has 0 spiro atoms. The van der Waals surface area contributed by atoms with Crippen LogP contribution in [0.5, 0.6) is 0 Å². The minimum absolute atomic E-state index is 0.0105. The lowest BCUT2D eigenvalue weighted by atomic mass is 10.1. The standard InChI is InChI=1S/C30H34N8O/c1-3-23-12-10-11-22(2)27(23)33-26(39)21-37-17-19-38(20-18-37)30-35-28(31-24-13-6-4-7-14-24)34-29(36-30)32-25-15-8-5-9-16-25/h4-16H,3,17-21H2,1-2H3,(H,33,39)(H2,31,32,34,35,36). The van der Waals surface area contributed by atoms with E-state index >= 15 is 0 Å². The van der Waals surface area contributed by atoms with Gasteiger partial charge >= 0.3 is 0 Å². The van der Waals surface area contributed by atoms with Crippen molar-refractivity contribution in [1.29, 1.82) is 0 Å². The largest absolute Gasteiger partial charge is 0.338 e. The van der Waals surface area contributed by atoms with Gasteiger partial charge in [0.1, 0.15) is 0 Å². The van der Waals surface area contributed by atoms with Crippen LogP contribution in [0.3, 0.4) is 0 Å². The minimum Gasteiger partial charge on any atom is -0.338 e. The SMILES string of the molecule is CCc1cccc(C)c1NC(=O)CN1CCN(c2nc(Nc3ccccc3)nc(Nc3ccccc3)n2)CC1. The van der Waals surface area contributed by atoms with E-state index in [1.165, 1.54) is 0 Å². The van der Waals surface area contributed by atoms with E-state index in [1.54, 1.807) is 0 Å². The van der Waals surface area contributed by atoms with Crippen molar-refractivity contribution in [3.8, 4) is 0 Å². The molecule has 0 saturated carbocycles. The summed E-state index contributed by atoms with van der Waals surface area (Å²) in [5, 5.41) is 9.72. The predicted molar refractivity (Wildman–Crippen MR) is 157 cm³/mol. The fraction of sp³-hybridized carbons (Fsp3) is 0.267. The van der Waals surface area contributed by atoms with Crippen molar-refractivity contribution in [2.45, 2.75) is 20.3 Å². The number of amides is 1. The number of piperazine rings is 1. The van der Waals surface area contributed by atoms with E-state index in [0.29, 0.717) is 37.5 Å². The first-order chi connectivity index (χ1) is 19.1. The Hall–Kier alpha value is -4.50. The Balaban J connectivity index is 1.26. The Morgan fingerprint density at radius 1 is 0.769 bits per heavy atom. The summed E-state index contributed by atoms with van der Waals surface area (Å²) in [6, 6.07) is 25.8. The van der Waals surface area contributed by atoms with Crippen LogP contribution in [-0.2, 0) is 11.2 Å². The summed E-state index contributed by atoms with van der Waals surface area (Å²) >= 11 is 0. The minimum atomic E-state index is 0.0105. The third kappa shape index (κ3) is 6.88. The van der Waals surface area contributed by atoms with E-state index < -0.39 is 0 Å². The van der Waals surface area contributed by atoms with Gasteiger partial charge in [-0.2, -0.15) is 15.0 Å². The maximum Gasteiger partial charge on any atom is 0.238 e. The summed E-state index contributed by atoms with van der Waals surface area (Å²) in [4.78, 5) is 31.2. The Morgan fingerprint density at radius 2 is 1.36 bits per heavy atom. The summed E-state index contributed by atoms with van der Waals surface area (Å²) in [5.74, 6) is 1.54. The number of hydrogen-bond donors (Lipinski definition) is 3. The van der Waals surface area contributed by atoms with Gasteiger partial charge in [0.15, 0.2) is 0 Å². The Kier molecular flexibility index (Phi) is 8.28. The van der Waals surface area contributed by atoms with Crippen LogP contribution in [0.4, 0.5) is 34.9 Å². The van der Waals surface area contributed by atoms with Gasteiger partial charge in [-0.3, -0.25) is 9.69 Å². The molecule has 1 aromatic heterocycles. The number of hydrogen-bond acceptors (Lipinski definition) is 8. The van der Waals surface area contributed by atoms with Gasteiger partial charge < -0.3 is 20.9 Å². The van der Waals surface area contributed by atoms with Crippen LogP contribution in [0.2, 0.25) is 0 Å². The lowest BCUT2D eigenvalue weighted by molar-refractivity contribution is -0.117. The molecule has 9 heteroatoms. The maximum absolute atomic E-state index is 12.9. The number of anilines is 6. The van der Waals surface area contributed by atoms with Gasteiger partial charge in [0.05, 0.1) is 6.54 Å². The number of nitrogens with zero attached hydrogens (tertiary/aromatic N) is 5. The highest BCUT2D eigenvalue weighted by atomic mass is 16.2. The average molecular weight is 523 g/mol. The summed E-state index contributed by atoms with van der Waals surface area (Å²) in [6.07, 6.45) is 0.879. The van der Waals surface area contributed by atoms with Crippen LogP contribution >= 0.6 is 0 Å². The summed E-state index contributed by atoms with van der Waals surface area (Å²) < 4.78 is 0. The van der Waals surface area contributed by atoms with E-state index in [-0.39, 0.29) is 5.91 Å². The molecule has 1 saturated heterocycles. The van der Waals surface area contributed by atoms with Crippen molar-refractivity contribution in [1.82, 2.24) is 19.9 Å². The molecular weight excluding hydrogens is 488 g/mol. The molecule has 0 radical (unpaired) electrons. The molecule has 0 bridgehead atoms. The highest BCUT2D eigenvalue weighted by molar-refractivity contribution is 5.93. The second-order valence-electron chi connectivity index (χ2n) is 9.54. The van der Waals surface area contributed by atoms with Gasteiger partial charge in [0.2, 0.25) is 23.8 Å². The molecule has 1 aliphatic rings. The lowest BCUT2D eigenvalue weighted by Crippen LogP contribution is -2.49. The number of carbonyl (C=O) groups excluding carboxylic acids is 1. The molecule has 1 amide bonds. The average Bonchev–Trinajstić information content (AvgIpc) is 2.95. The molecule has 4 aromatic rings. The number of rotatable bonds is 9. The topological polar surface area (TPSA) is 98.3 Å². The van der Waals surface area contributed by atoms with Crippen LogP contribution in [0.1, 0.15) is 18.1 Å². The number of benzene rings is 3. The lowest BCUT2D eigenvalue weighted by Gasteiger charge is -2.34. The quantitative estimate of drug-likeness (QED) is 0.283. The van der Waals surface area contributed by atoms with Gasteiger partial charge in [-0.15, -0.1) is 0 Å². The second-order valence-corrected chi connectivity index (χ2v) is 9.54. The zero-order valence-corrected chi connectivity index (χ0v) is 22.4. The predicted octanol–water partition coefficient (Wildman–Crippen LogP) is 4.99. The highest BCUT2D eigenvalue weighted by Crippen LogP contribution is 2.23. The summed E-state index contributed by atoms with van der Waals surface area (Å²) in [7, 11) is 0. The first-order valence-corrected chi connectivity index (χ1v) is 13.3. The van der Waals surface area contributed by atoms with Gasteiger partial charge in [0.25, 0.3) is 0 Å². The summed E-state index contributed by atoms with van der Waals surface area (Å²) in [5.41, 5.74) is 4.97. The van der Waals surface area contributed by atoms with Gasteiger partial charge in [-0.1, -0.05) is 61.5 Å². The van der Waals surface area contributed by atoms with E-state index in [4.69, 9.17) is 9.97 Å². The molecular formula is C30H34N8O. The molecule has 0 aliphatic carbocycles. The van der Waals surface area contributed by atoms with Crippen LogP contribution in [-0.4, -0.2) is 58.5 Å². The maximum atomic E-state index is 12.9. The van der Waals surface area contributed by atoms with Crippen molar-refractivity contribution in [2.24, 2.45) is 0 Å². The molecule has 0 atom stereocenters. The van der Waals surface area contributed by atoms with E-state index in [9.17, 15) is 4.79 Å². The fourth-order valence-electron chi connectivity index (χ4n) is 4.61. The van der Waals surface area contributed by atoms with E-state index in [1.807, 2.05) is 79.7 Å². The zero-order chi connectivity index (χ0) is 27.0. The second kappa shape index (κ2) is 12.4. The molecule has 9 nitrogen and oxygen atoms in total. The van der Waals surface area contributed by atoms with Crippen LogP contribution in [0, 0.1) is 6.92 Å². The van der Waals surface area contributed by atoms with Crippen molar-refractivity contribution < 1.29 is 4.79 Å². The molecule has 1 aliphatic heterocycles. The number of aryl methyl sites for hydroxylation is 2. The highest BCUT2D eigenvalue weighted by Gasteiger charge is 2.22. The molecule has 2 heterocycles. The summed E-state index contributed by atoms with van der Waals surface area (Å²) in [6.45, 7) is 7.36. The molecule has 1 fully saturated rings. The molecule has 39 heavy (non-hydrogen) atoms. The van der Waals surface area contributed by atoms with Crippen LogP contribution < -0.4 is 20.9 Å². The number of carbonyl (C=O) groups is 1. The van der Waals surface area contributed by atoms with Crippen molar-refractivity contribution in [2.75, 3.05) is 53.6 Å². The molecule has 3 N–H and O–H groups in total. The Labute approximate surface area is 229 Å². The van der Waals surface area contributed by atoms with Gasteiger partial charge in [0, 0.05) is 43.2 Å². The van der Waals surface area contributed by atoms with E-state index in [0.717, 1.165) is 47.7 Å². The number of para-hydroxylation sites is 3. The van der Waals surface area contributed by atoms with Crippen molar-refractivity contribution in [3.63, 3.8) is 0 Å². The molecule has 200 valence electrons. The van der Waals surface area contributed by atoms with Crippen molar-refractivity contribution >= 4 is 40.8 Å². The van der Waals surface area contributed by atoms with Crippen LogP contribution in [0.15, 0.2) is 78.9 Å². The smallest absolute Gasteiger partial charge is 0.238 e. The fourth-order valence-corrected chi connectivity index (χ4v) is 4.61. The van der Waals surface area contributed by atoms with Gasteiger partial charge in [-0.25, -0.2) is 0 Å². The normalized spacial score (nSPS) is 13.6. The first-order valence-electron chi connectivity index (χ1n) is 13.3. The monoisotopic (exact) mass is 522 g/mol. The third-order valence-corrected chi connectivity index (χ3v) is 6.71. The Bertz CT molecular complexity index is 1330. The van der Waals surface area contributed by atoms with Crippen LogP contribution in [0.25, 0.3) is 0 Å². The number of aromatic nitrogens is 3. The van der Waals surface area contributed by atoms with Gasteiger partial charge in [-0.05, 0) is 48.7 Å². The third-order valence-electron chi connectivity index (χ3n) is 6.71. The molecule has 5 rings (SSSR count). The molecule has 0 unspecified atom stereocenters. The zero-order valence-electron chi connectivity index (χ0n) is 22.4. The number of nitrogens with one attached hydrogen (secondary N) is 3. The van der Waals surface area contributed by atoms with E-state index in [2.05, 4.69) is 43.7 Å². The Morgan fingerprint density at radius 3 is 1.92 bits per heavy atom. The molecule has 3 aromatic carbocycles. The van der Waals surface area contributed by atoms with Crippen molar-refractivity contribution in [3.05, 3.63) is 90.0 Å². The first kappa shape index (κ1) is 26.1.